The second-order valence-corrected chi connectivity index (χ2v) is 4.10. The number of nitrogens with two attached hydrogens (primary N) is 1. The van der Waals surface area contributed by atoms with E-state index < -0.39 is 0 Å². The van der Waals surface area contributed by atoms with Crippen LogP contribution in [0.1, 0.15) is 25.5 Å². The first-order chi connectivity index (χ1) is 7.02. The van der Waals surface area contributed by atoms with E-state index in [1.165, 1.54) is 0 Å². The Balaban J connectivity index is 2.97. The molecular weight excluding hydrogens is 210 g/mol. The second-order valence-electron chi connectivity index (χ2n) is 3.69. The van der Waals surface area contributed by atoms with Crippen molar-refractivity contribution in [3.63, 3.8) is 0 Å². The van der Waals surface area contributed by atoms with Gasteiger partial charge in [-0.25, -0.2) is 0 Å². The van der Waals surface area contributed by atoms with E-state index in [2.05, 4.69) is 6.58 Å². The molecule has 0 fully saturated rings. The van der Waals surface area contributed by atoms with Gasteiger partial charge in [0.2, 0.25) is 0 Å². The van der Waals surface area contributed by atoms with E-state index in [1.54, 1.807) is 6.07 Å². The number of ether oxygens (including phenoxy) is 1. The van der Waals surface area contributed by atoms with Crippen molar-refractivity contribution in [1.29, 1.82) is 0 Å². The molecule has 0 saturated heterocycles. The Kier molecular flexibility index (Phi) is 4.18. The lowest BCUT2D eigenvalue weighted by atomic mass is 10.1. The van der Waals surface area contributed by atoms with Crippen LogP contribution in [-0.2, 0) is 0 Å². The molecule has 0 aliphatic rings. The number of para-hydroxylation sites is 1. The first-order valence-corrected chi connectivity index (χ1v) is 5.21. The Morgan fingerprint density at radius 3 is 2.80 bits per heavy atom. The Morgan fingerprint density at radius 1 is 1.60 bits per heavy atom. The molecular formula is C12H16ClNO. The maximum atomic E-state index is 6.05. The Morgan fingerprint density at radius 2 is 2.27 bits per heavy atom. The summed E-state index contributed by atoms with van der Waals surface area (Å²) >= 11 is 6.05. The van der Waals surface area contributed by atoms with Crippen molar-refractivity contribution < 1.29 is 4.74 Å². The zero-order valence-corrected chi connectivity index (χ0v) is 9.84. The molecule has 0 bridgehead atoms. The standard InChI is InChI=1S/C12H16ClNO/c1-8(2)7-15-12-10(9(3)14)5-4-6-11(12)13/h4-6,9H,1,7,14H2,2-3H3. The van der Waals surface area contributed by atoms with Gasteiger partial charge in [0, 0.05) is 11.6 Å². The smallest absolute Gasteiger partial charge is 0.143 e. The van der Waals surface area contributed by atoms with Crippen molar-refractivity contribution in [3.8, 4) is 5.75 Å². The van der Waals surface area contributed by atoms with E-state index in [4.69, 9.17) is 22.1 Å². The Labute approximate surface area is 95.7 Å². The summed E-state index contributed by atoms with van der Waals surface area (Å²) < 4.78 is 5.58. The summed E-state index contributed by atoms with van der Waals surface area (Å²) in [7, 11) is 0. The van der Waals surface area contributed by atoms with E-state index in [0.29, 0.717) is 17.4 Å². The first kappa shape index (κ1) is 12.1. The van der Waals surface area contributed by atoms with Crippen LogP contribution in [0.2, 0.25) is 5.02 Å². The van der Waals surface area contributed by atoms with Crippen LogP contribution in [0.4, 0.5) is 0 Å². The molecule has 2 nitrogen and oxygen atoms in total. The number of hydrogen-bond acceptors (Lipinski definition) is 2. The molecule has 0 spiro atoms. The average Bonchev–Trinajstić information content (AvgIpc) is 2.15. The van der Waals surface area contributed by atoms with Gasteiger partial charge in [-0.05, 0) is 25.5 Å². The number of hydrogen-bond donors (Lipinski definition) is 1. The van der Waals surface area contributed by atoms with Crippen LogP contribution in [0.5, 0.6) is 5.75 Å². The third-order valence-electron chi connectivity index (χ3n) is 1.95. The molecule has 0 radical (unpaired) electrons. The maximum absolute atomic E-state index is 6.05. The fourth-order valence-corrected chi connectivity index (χ4v) is 1.47. The molecule has 0 saturated carbocycles. The van der Waals surface area contributed by atoms with Gasteiger partial charge in [0.1, 0.15) is 12.4 Å². The molecule has 82 valence electrons. The van der Waals surface area contributed by atoms with Crippen LogP contribution >= 0.6 is 11.6 Å². The minimum Gasteiger partial charge on any atom is -0.487 e. The minimum absolute atomic E-state index is 0.0937. The molecule has 2 N–H and O–H groups in total. The quantitative estimate of drug-likeness (QED) is 0.798. The van der Waals surface area contributed by atoms with Crippen LogP contribution < -0.4 is 10.5 Å². The van der Waals surface area contributed by atoms with Gasteiger partial charge in [0.25, 0.3) is 0 Å². The average molecular weight is 226 g/mol. The van der Waals surface area contributed by atoms with Crippen LogP contribution in [0.15, 0.2) is 30.4 Å². The van der Waals surface area contributed by atoms with Crippen molar-refractivity contribution >= 4 is 11.6 Å². The molecule has 1 aromatic rings. The molecule has 1 rings (SSSR count). The highest BCUT2D eigenvalue weighted by molar-refractivity contribution is 6.32. The number of benzene rings is 1. The lowest BCUT2D eigenvalue weighted by Gasteiger charge is -2.15. The van der Waals surface area contributed by atoms with Gasteiger partial charge < -0.3 is 10.5 Å². The van der Waals surface area contributed by atoms with Gasteiger partial charge in [-0.2, -0.15) is 0 Å². The van der Waals surface area contributed by atoms with Crippen molar-refractivity contribution in [3.05, 3.63) is 40.9 Å². The van der Waals surface area contributed by atoms with Crippen molar-refractivity contribution in [2.24, 2.45) is 5.73 Å². The molecule has 15 heavy (non-hydrogen) atoms. The van der Waals surface area contributed by atoms with Crippen molar-refractivity contribution in [2.75, 3.05) is 6.61 Å². The van der Waals surface area contributed by atoms with E-state index in [9.17, 15) is 0 Å². The monoisotopic (exact) mass is 225 g/mol. The summed E-state index contributed by atoms with van der Waals surface area (Å²) in [5, 5.41) is 0.589. The highest BCUT2D eigenvalue weighted by Gasteiger charge is 2.11. The topological polar surface area (TPSA) is 35.2 Å². The van der Waals surface area contributed by atoms with E-state index >= 15 is 0 Å². The highest BCUT2D eigenvalue weighted by atomic mass is 35.5. The molecule has 0 aliphatic heterocycles. The normalized spacial score (nSPS) is 12.3. The summed E-state index contributed by atoms with van der Waals surface area (Å²) in [6.45, 7) is 8.04. The maximum Gasteiger partial charge on any atom is 0.143 e. The minimum atomic E-state index is -0.0937. The summed E-state index contributed by atoms with van der Waals surface area (Å²) in [4.78, 5) is 0. The number of halogens is 1. The van der Waals surface area contributed by atoms with E-state index in [0.717, 1.165) is 11.1 Å². The summed E-state index contributed by atoms with van der Waals surface area (Å²) in [6, 6.07) is 5.49. The third-order valence-corrected chi connectivity index (χ3v) is 2.25. The van der Waals surface area contributed by atoms with E-state index in [1.807, 2.05) is 26.0 Å². The van der Waals surface area contributed by atoms with Gasteiger partial charge in [0.15, 0.2) is 0 Å². The SMILES string of the molecule is C=C(C)COc1c(Cl)cccc1C(C)N. The Hall–Kier alpha value is -0.990. The van der Waals surface area contributed by atoms with Gasteiger partial charge in [-0.1, -0.05) is 30.3 Å². The highest BCUT2D eigenvalue weighted by Crippen LogP contribution is 2.32. The first-order valence-electron chi connectivity index (χ1n) is 4.83. The van der Waals surface area contributed by atoms with Crippen LogP contribution in [0.3, 0.4) is 0 Å². The molecule has 1 unspecified atom stereocenters. The van der Waals surface area contributed by atoms with Gasteiger partial charge in [-0.15, -0.1) is 0 Å². The van der Waals surface area contributed by atoms with Crippen LogP contribution in [0, 0.1) is 0 Å². The molecule has 0 amide bonds. The molecule has 1 aromatic carbocycles. The Bertz CT molecular complexity index is 361. The molecule has 0 aromatic heterocycles. The second kappa shape index (κ2) is 5.19. The van der Waals surface area contributed by atoms with E-state index in [-0.39, 0.29) is 6.04 Å². The zero-order valence-electron chi connectivity index (χ0n) is 9.09. The summed E-state index contributed by atoms with van der Waals surface area (Å²) in [6.07, 6.45) is 0. The van der Waals surface area contributed by atoms with Gasteiger partial charge in [0.05, 0.1) is 5.02 Å². The van der Waals surface area contributed by atoms with Gasteiger partial charge >= 0.3 is 0 Å². The lowest BCUT2D eigenvalue weighted by molar-refractivity contribution is 0.347. The molecule has 1 atom stereocenters. The molecule has 0 heterocycles. The third kappa shape index (κ3) is 3.26. The van der Waals surface area contributed by atoms with Crippen molar-refractivity contribution in [1.82, 2.24) is 0 Å². The molecule has 3 heteroatoms. The van der Waals surface area contributed by atoms with Crippen molar-refractivity contribution in [2.45, 2.75) is 19.9 Å². The fourth-order valence-electron chi connectivity index (χ4n) is 1.23. The predicted molar refractivity (Wildman–Crippen MR) is 64.4 cm³/mol. The van der Waals surface area contributed by atoms with Crippen LogP contribution in [0.25, 0.3) is 0 Å². The molecule has 0 aliphatic carbocycles. The largest absolute Gasteiger partial charge is 0.487 e. The number of rotatable bonds is 4. The van der Waals surface area contributed by atoms with Crippen LogP contribution in [-0.4, -0.2) is 6.61 Å². The zero-order chi connectivity index (χ0) is 11.4. The fraction of sp³-hybridized carbons (Fsp3) is 0.333. The predicted octanol–water partition coefficient (Wildman–Crippen LogP) is 3.31. The summed E-state index contributed by atoms with van der Waals surface area (Å²) in [5.74, 6) is 0.664. The lowest BCUT2D eigenvalue weighted by Crippen LogP contribution is -2.09. The van der Waals surface area contributed by atoms with Gasteiger partial charge in [-0.3, -0.25) is 0 Å². The summed E-state index contributed by atoms with van der Waals surface area (Å²) in [5.41, 5.74) is 7.70.